The third kappa shape index (κ3) is 4.98. The summed E-state index contributed by atoms with van der Waals surface area (Å²) in [5, 5.41) is 5.59. The van der Waals surface area contributed by atoms with E-state index in [1.165, 1.54) is 24.4 Å². The van der Waals surface area contributed by atoms with Crippen molar-refractivity contribution < 1.29 is 19.1 Å². The molecule has 0 saturated heterocycles. The summed E-state index contributed by atoms with van der Waals surface area (Å²) < 4.78 is 10.7. The molecule has 0 radical (unpaired) electrons. The Morgan fingerprint density at radius 3 is 2.49 bits per heavy atom. The topological polar surface area (TPSA) is 80.2 Å². The maximum atomic E-state index is 13.0. The lowest BCUT2D eigenvalue weighted by Crippen LogP contribution is -2.37. The minimum absolute atomic E-state index is 0.122. The van der Waals surface area contributed by atoms with Gasteiger partial charge in [0.1, 0.15) is 5.75 Å². The van der Waals surface area contributed by atoms with Gasteiger partial charge in [0.15, 0.2) is 5.17 Å². The number of thioether (sulfide) groups is 1. The van der Waals surface area contributed by atoms with Crippen LogP contribution in [0.3, 0.4) is 0 Å². The van der Waals surface area contributed by atoms with Gasteiger partial charge in [0.25, 0.3) is 0 Å². The van der Waals surface area contributed by atoms with Crippen molar-refractivity contribution in [3.8, 4) is 5.75 Å². The zero-order valence-corrected chi connectivity index (χ0v) is 21.3. The number of nitrogens with zero attached hydrogens (tertiary/aromatic N) is 2. The molecule has 0 aliphatic carbocycles. The van der Waals surface area contributed by atoms with Gasteiger partial charge in [-0.05, 0) is 42.0 Å². The number of fused-ring (bicyclic) bond motifs is 1. The lowest BCUT2D eigenvalue weighted by Gasteiger charge is -2.36. The molecular weight excluding hydrogens is 462 g/mol. The van der Waals surface area contributed by atoms with Gasteiger partial charge >= 0.3 is 5.97 Å². The van der Waals surface area contributed by atoms with E-state index < -0.39 is 12.0 Å². The molecule has 182 valence electrons. The monoisotopic (exact) mass is 491 g/mol. The molecule has 0 spiro atoms. The predicted molar refractivity (Wildman–Crippen MR) is 139 cm³/mol. The molecule has 0 saturated carbocycles. The lowest BCUT2D eigenvalue weighted by atomic mass is 9.93. The quantitative estimate of drug-likeness (QED) is 0.508. The van der Waals surface area contributed by atoms with Gasteiger partial charge in [-0.3, -0.25) is 4.79 Å². The number of anilines is 1. The van der Waals surface area contributed by atoms with E-state index in [4.69, 9.17) is 9.47 Å². The lowest BCUT2D eigenvalue weighted by molar-refractivity contribution is -0.136. The molecule has 0 fully saturated rings. The van der Waals surface area contributed by atoms with Crippen molar-refractivity contribution in [1.82, 2.24) is 4.90 Å². The molecule has 7 nitrogen and oxygen atoms in total. The number of amidine groups is 1. The Kier molecular flexibility index (Phi) is 7.31. The fourth-order valence-corrected chi connectivity index (χ4v) is 5.21. The normalized spacial score (nSPS) is 17.1. The van der Waals surface area contributed by atoms with Crippen LogP contribution in [-0.2, 0) is 14.3 Å². The first-order valence-electron chi connectivity index (χ1n) is 11.4. The third-order valence-electron chi connectivity index (χ3n) is 6.04. The summed E-state index contributed by atoms with van der Waals surface area (Å²) in [6, 6.07) is 14.9. The smallest absolute Gasteiger partial charge is 0.338 e. The first-order valence-corrected chi connectivity index (χ1v) is 12.3. The second kappa shape index (κ2) is 10.4. The van der Waals surface area contributed by atoms with Crippen molar-refractivity contribution in [3.63, 3.8) is 0 Å². The zero-order valence-electron chi connectivity index (χ0n) is 20.5. The molecule has 2 aromatic rings. The number of ether oxygens (including phenoxy) is 2. The van der Waals surface area contributed by atoms with E-state index in [0.717, 1.165) is 16.9 Å². The van der Waals surface area contributed by atoms with Crippen LogP contribution in [0, 0.1) is 0 Å². The Hall–Kier alpha value is -3.52. The number of benzene rings is 2. The van der Waals surface area contributed by atoms with Crippen molar-refractivity contribution in [2.24, 2.45) is 4.99 Å². The summed E-state index contributed by atoms with van der Waals surface area (Å²) in [4.78, 5) is 32.5. The number of hydrogen-bond acceptors (Lipinski definition) is 7. The zero-order chi connectivity index (χ0) is 25.1. The standard InChI is InChI=1S/C27H29N3O4S/c1-16(2)18-10-12-19(13-11-18)29-23(31)14-20-15-35-27-28-17(3)24(26(32)34-5)25(30(20)27)21-8-6-7-9-22(21)33-4/h6-13,15-16,25H,14H2,1-5H3,(H,29,31)/t25-/m1/s1. The van der Waals surface area contributed by atoms with Crippen LogP contribution in [-0.4, -0.2) is 36.2 Å². The molecule has 0 aromatic heterocycles. The van der Waals surface area contributed by atoms with Gasteiger partial charge in [-0.25, -0.2) is 9.79 Å². The molecule has 2 heterocycles. The van der Waals surface area contributed by atoms with E-state index in [9.17, 15) is 9.59 Å². The third-order valence-corrected chi connectivity index (χ3v) is 6.93. The number of hydrogen-bond donors (Lipinski definition) is 1. The summed E-state index contributed by atoms with van der Waals surface area (Å²) in [5.41, 5.74) is 4.49. The minimum atomic E-state index is -0.537. The van der Waals surface area contributed by atoms with Crippen molar-refractivity contribution in [3.05, 3.63) is 82.0 Å². The molecule has 2 aromatic carbocycles. The molecule has 4 rings (SSSR count). The van der Waals surface area contributed by atoms with Crippen molar-refractivity contribution in [1.29, 1.82) is 0 Å². The molecule has 1 atom stereocenters. The highest BCUT2D eigenvalue weighted by Gasteiger charge is 2.42. The maximum Gasteiger partial charge on any atom is 0.338 e. The minimum Gasteiger partial charge on any atom is -0.496 e. The van der Waals surface area contributed by atoms with Gasteiger partial charge < -0.3 is 19.7 Å². The highest BCUT2D eigenvalue weighted by atomic mass is 32.2. The largest absolute Gasteiger partial charge is 0.496 e. The number of carbonyl (C=O) groups is 2. The number of aliphatic imine (C=N–C) groups is 1. The molecule has 2 aliphatic heterocycles. The van der Waals surface area contributed by atoms with Crippen LogP contribution in [0.4, 0.5) is 5.69 Å². The van der Waals surface area contributed by atoms with Crippen LogP contribution in [0.15, 0.2) is 75.9 Å². The molecule has 0 bridgehead atoms. The van der Waals surface area contributed by atoms with Gasteiger partial charge in [0, 0.05) is 16.9 Å². The van der Waals surface area contributed by atoms with E-state index in [1.54, 1.807) is 14.0 Å². The summed E-state index contributed by atoms with van der Waals surface area (Å²) >= 11 is 1.43. The molecule has 35 heavy (non-hydrogen) atoms. The van der Waals surface area contributed by atoms with E-state index in [2.05, 4.69) is 24.2 Å². The number of nitrogens with one attached hydrogen (secondary N) is 1. The fourth-order valence-electron chi connectivity index (χ4n) is 4.25. The maximum absolute atomic E-state index is 13.0. The Bertz CT molecular complexity index is 1230. The predicted octanol–water partition coefficient (Wildman–Crippen LogP) is 5.60. The van der Waals surface area contributed by atoms with Crippen LogP contribution in [0.5, 0.6) is 5.75 Å². The number of carbonyl (C=O) groups excluding carboxylic acids is 2. The number of methoxy groups -OCH3 is 2. The highest BCUT2D eigenvalue weighted by Crippen LogP contribution is 2.46. The van der Waals surface area contributed by atoms with Crippen LogP contribution in [0.1, 0.15) is 50.3 Å². The first-order chi connectivity index (χ1) is 16.8. The molecule has 1 amide bonds. The number of amides is 1. The van der Waals surface area contributed by atoms with E-state index in [-0.39, 0.29) is 12.3 Å². The first kappa shape index (κ1) is 24.6. The van der Waals surface area contributed by atoms with Gasteiger partial charge in [0.2, 0.25) is 5.91 Å². The number of allylic oxidation sites excluding steroid dienone is 1. The van der Waals surface area contributed by atoms with E-state index >= 15 is 0 Å². The summed E-state index contributed by atoms with van der Waals surface area (Å²) in [7, 11) is 2.95. The molecular formula is C27H29N3O4S. The van der Waals surface area contributed by atoms with Gasteiger partial charge in [-0.15, -0.1) is 0 Å². The average Bonchev–Trinajstić information content (AvgIpc) is 3.24. The molecule has 1 N–H and O–H groups in total. The molecule has 0 unspecified atom stereocenters. The van der Waals surface area contributed by atoms with Gasteiger partial charge in [-0.1, -0.05) is 55.9 Å². The van der Waals surface area contributed by atoms with Crippen molar-refractivity contribution in [2.45, 2.75) is 39.2 Å². The van der Waals surface area contributed by atoms with Crippen molar-refractivity contribution >= 4 is 34.5 Å². The summed E-state index contributed by atoms with van der Waals surface area (Å²) in [6.07, 6.45) is 0.122. The number of esters is 1. The summed E-state index contributed by atoms with van der Waals surface area (Å²) in [5.74, 6) is 0.441. The Morgan fingerprint density at radius 1 is 1.11 bits per heavy atom. The second-order valence-corrected chi connectivity index (χ2v) is 9.46. The van der Waals surface area contributed by atoms with Gasteiger partial charge in [-0.2, -0.15) is 0 Å². The Balaban J connectivity index is 1.64. The summed E-state index contributed by atoms with van der Waals surface area (Å²) in [6.45, 7) is 6.06. The van der Waals surface area contributed by atoms with Crippen LogP contribution in [0.2, 0.25) is 0 Å². The molecule has 8 heteroatoms. The Labute approximate surface area is 209 Å². The Morgan fingerprint density at radius 2 is 1.83 bits per heavy atom. The van der Waals surface area contributed by atoms with Gasteiger partial charge in [0.05, 0.1) is 38.0 Å². The fraction of sp³-hybridized carbons (Fsp3) is 0.296. The SMILES string of the molecule is COC(=O)C1=C(C)N=C2SC=C(CC(=O)Nc3ccc(C(C)C)cc3)N2[C@@H]1c1ccccc1OC. The highest BCUT2D eigenvalue weighted by molar-refractivity contribution is 8.16. The van der Waals surface area contributed by atoms with Crippen molar-refractivity contribution in [2.75, 3.05) is 19.5 Å². The van der Waals surface area contributed by atoms with Crippen LogP contribution < -0.4 is 10.1 Å². The number of rotatable bonds is 7. The van der Waals surface area contributed by atoms with Crippen LogP contribution >= 0.6 is 11.8 Å². The molecule has 2 aliphatic rings. The average molecular weight is 492 g/mol. The second-order valence-electron chi connectivity index (χ2n) is 8.63. The van der Waals surface area contributed by atoms with E-state index in [0.29, 0.717) is 28.1 Å². The van der Waals surface area contributed by atoms with Crippen LogP contribution in [0.25, 0.3) is 0 Å². The van der Waals surface area contributed by atoms with E-state index in [1.807, 2.05) is 58.8 Å². The number of para-hydroxylation sites is 1.